The van der Waals surface area contributed by atoms with Gasteiger partial charge >= 0.3 is 5.97 Å². The topological polar surface area (TPSA) is 50.4 Å². The van der Waals surface area contributed by atoms with E-state index in [1.807, 2.05) is 0 Å². The van der Waals surface area contributed by atoms with Crippen LogP contribution in [0.3, 0.4) is 0 Å². The maximum absolute atomic E-state index is 13.0. The lowest BCUT2D eigenvalue weighted by Gasteiger charge is -1.95. The standard InChI is InChI=1S/C12H9FO3/c1-7-10(12(14)15)6-11(16-7)8-3-2-4-9(13)5-8/h2-6H,1H3,(H,14,15). The summed E-state index contributed by atoms with van der Waals surface area (Å²) >= 11 is 0. The summed E-state index contributed by atoms with van der Waals surface area (Å²) in [6.45, 7) is 1.56. The number of carboxylic acids is 1. The van der Waals surface area contributed by atoms with Gasteiger partial charge in [0.2, 0.25) is 0 Å². The number of hydrogen-bond acceptors (Lipinski definition) is 2. The summed E-state index contributed by atoms with van der Waals surface area (Å²) in [6, 6.07) is 7.21. The van der Waals surface area contributed by atoms with E-state index in [1.165, 1.54) is 18.2 Å². The molecule has 0 bridgehead atoms. The van der Waals surface area contributed by atoms with Crippen molar-refractivity contribution in [1.82, 2.24) is 0 Å². The number of benzene rings is 1. The van der Waals surface area contributed by atoms with E-state index < -0.39 is 5.97 Å². The predicted molar refractivity (Wildman–Crippen MR) is 55.8 cm³/mol. The second-order valence-electron chi connectivity index (χ2n) is 3.40. The molecule has 1 heterocycles. The summed E-state index contributed by atoms with van der Waals surface area (Å²) in [5.74, 6) is -0.770. The van der Waals surface area contributed by atoms with Crippen molar-refractivity contribution in [1.29, 1.82) is 0 Å². The highest BCUT2D eigenvalue weighted by molar-refractivity contribution is 5.90. The first-order valence-electron chi connectivity index (χ1n) is 4.67. The molecule has 0 aliphatic rings. The van der Waals surface area contributed by atoms with Crippen LogP contribution < -0.4 is 0 Å². The van der Waals surface area contributed by atoms with Gasteiger partial charge in [-0.2, -0.15) is 0 Å². The molecule has 0 saturated carbocycles. The van der Waals surface area contributed by atoms with Crippen molar-refractivity contribution in [2.45, 2.75) is 6.92 Å². The molecule has 82 valence electrons. The van der Waals surface area contributed by atoms with Crippen LogP contribution in [0.4, 0.5) is 4.39 Å². The van der Waals surface area contributed by atoms with Crippen molar-refractivity contribution in [2.24, 2.45) is 0 Å². The Balaban J connectivity index is 2.49. The Labute approximate surface area is 91.1 Å². The van der Waals surface area contributed by atoms with Crippen molar-refractivity contribution >= 4 is 5.97 Å². The molecule has 16 heavy (non-hydrogen) atoms. The molecule has 4 heteroatoms. The van der Waals surface area contributed by atoms with Gasteiger partial charge in [0.1, 0.15) is 22.9 Å². The zero-order chi connectivity index (χ0) is 11.7. The van der Waals surface area contributed by atoms with Crippen LogP contribution >= 0.6 is 0 Å². The molecule has 0 radical (unpaired) electrons. The Morgan fingerprint density at radius 1 is 1.38 bits per heavy atom. The van der Waals surface area contributed by atoms with Crippen molar-refractivity contribution in [3.05, 3.63) is 47.5 Å². The third-order valence-corrected chi connectivity index (χ3v) is 2.26. The van der Waals surface area contributed by atoms with Crippen molar-refractivity contribution in [3.8, 4) is 11.3 Å². The molecular weight excluding hydrogens is 211 g/mol. The Kier molecular flexibility index (Phi) is 2.48. The molecule has 1 aromatic carbocycles. The molecule has 1 N–H and O–H groups in total. The van der Waals surface area contributed by atoms with Crippen molar-refractivity contribution in [3.63, 3.8) is 0 Å². The lowest BCUT2D eigenvalue weighted by molar-refractivity contribution is 0.0695. The normalized spacial score (nSPS) is 10.4. The summed E-state index contributed by atoms with van der Waals surface area (Å²) in [5.41, 5.74) is 0.620. The van der Waals surface area contributed by atoms with Crippen LogP contribution in [0.15, 0.2) is 34.7 Å². The van der Waals surface area contributed by atoms with E-state index in [-0.39, 0.29) is 11.4 Å². The average Bonchev–Trinajstić information content (AvgIpc) is 2.60. The maximum Gasteiger partial charge on any atom is 0.339 e. The Morgan fingerprint density at radius 2 is 2.12 bits per heavy atom. The predicted octanol–water partition coefficient (Wildman–Crippen LogP) is 3.09. The highest BCUT2D eigenvalue weighted by Gasteiger charge is 2.14. The summed E-state index contributed by atoms with van der Waals surface area (Å²) in [4.78, 5) is 10.8. The summed E-state index contributed by atoms with van der Waals surface area (Å²) < 4.78 is 18.2. The molecule has 3 nitrogen and oxygen atoms in total. The first kappa shape index (κ1) is 10.4. The van der Waals surface area contributed by atoms with Crippen LogP contribution in [-0.2, 0) is 0 Å². The molecule has 0 saturated heterocycles. The molecule has 2 aromatic rings. The quantitative estimate of drug-likeness (QED) is 0.845. The van der Waals surface area contributed by atoms with Gasteiger partial charge in [-0.05, 0) is 25.1 Å². The summed E-state index contributed by atoms with van der Waals surface area (Å²) in [5, 5.41) is 8.85. The minimum atomic E-state index is -1.05. The van der Waals surface area contributed by atoms with Gasteiger partial charge in [0, 0.05) is 5.56 Å². The van der Waals surface area contributed by atoms with Gasteiger partial charge in [-0.1, -0.05) is 12.1 Å². The number of aryl methyl sites for hydroxylation is 1. The first-order chi connectivity index (χ1) is 7.58. The number of aromatic carboxylic acids is 1. The minimum Gasteiger partial charge on any atom is -0.478 e. The van der Waals surface area contributed by atoms with Crippen molar-refractivity contribution in [2.75, 3.05) is 0 Å². The van der Waals surface area contributed by atoms with Gasteiger partial charge < -0.3 is 9.52 Å². The van der Waals surface area contributed by atoms with E-state index in [4.69, 9.17) is 9.52 Å². The SMILES string of the molecule is Cc1oc(-c2cccc(F)c2)cc1C(=O)O. The highest BCUT2D eigenvalue weighted by atomic mass is 19.1. The van der Waals surface area contributed by atoms with Gasteiger partial charge in [-0.3, -0.25) is 0 Å². The molecule has 0 aliphatic carbocycles. The molecule has 0 atom stereocenters. The second kappa shape index (κ2) is 3.81. The lowest BCUT2D eigenvalue weighted by Crippen LogP contribution is -1.94. The molecule has 0 aliphatic heterocycles. The zero-order valence-electron chi connectivity index (χ0n) is 8.53. The van der Waals surface area contributed by atoms with E-state index in [0.717, 1.165) is 0 Å². The Morgan fingerprint density at radius 3 is 2.69 bits per heavy atom. The Bertz CT molecular complexity index is 543. The third-order valence-electron chi connectivity index (χ3n) is 2.26. The average molecular weight is 220 g/mol. The van der Waals surface area contributed by atoms with E-state index in [0.29, 0.717) is 17.1 Å². The molecule has 0 amide bonds. The molecule has 0 fully saturated rings. The largest absolute Gasteiger partial charge is 0.478 e. The third kappa shape index (κ3) is 1.82. The number of rotatable bonds is 2. The fraction of sp³-hybridized carbons (Fsp3) is 0.0833. The van der Waals surface area contributed by atoms with E-state index >= 15 is 0 Å². The molecule has 0 spiro atoms. The lowest BCUT2D eigenvalue weighted by atomic mass is 10.1. The highest BCUT2D eigenvalue weighted by Crippen LogP contribution is 2.25. The number of hydrogen-bond donors (Lipinski definition) is 1. The number of halogens is 1. The zero-order valence-corrected chi connectivity index (χ0v) is 8.53. The van der Waals surface area contributed by atoms with E-state index in [1.54, 1.807) is 19.1 Å². The van der Waals surface area contributed by atoms with E-state index in [9.17, 15) is 9.18 Å². The van der Waals surface area contributed by atoms with Crippen LogP contribution in [0.1, 0.15) is 16.1 Å². The van der Waals surface area contributed by atoms with Gasteiger partial charge in [0.25, 0.3) is 0 Å². The Hall–Kier alpha value is -2.10. The van der Waals surface area contributed by atoms with Crippen LogP contribution in [-0.4, -0.2) is 11.1 Å². The smallest absolute Gasteiger partial charge is 0.339 e. The molecular formula is C12H9FO3. The number of carbonyl (C=O) groups is 1. The number of carboxylic acid groups (broad SMARTS) is 1. The first-order valence-corrected chi connectivity index (χ1v) is 4.67. The maximum atomic E-state index is 13.0. The van der Waals surface area contributed by atoms with Crippen LogP contribution in [0, 0.1) is 12.7 Å². The van der Waals surface area contributed by atoms with Gasteiger partial charge in [-0.25, -0.2) is 9.18 Å². The monoisotopic (exact) mass is 220 g/mol. The minimum absolute atomic E-state index is 0.0965. The van der Waals surface area contributed by atoms with E-state index in [2.05, 4.69) is 0 Å². The fourth-order valence-electron chi connectivity index (χ4n) is 1.48. The molecule has 0 unspecified atom stereocenters. The van der Waals surface area contributed by atoms with Gasteiger partial charge in [0.15, 0.2) is 0 Å². The van der Waals surface area contributed by atoms with Crippen molar-refractivity contribution < 1.29 is 18.7 Å². The summed E-state index contributed by atoms with van der Waals surface area (Å²) in [6.07, 6.45) is 0. The molecule has 1 aromatic heterocycles. The fourth-order valence-corrected chi connectivity index (χ4v) is 1.48. The number of furan rings is 1. The second-order valence-corrected chi connectivity index (χ2v) is 3.40. The van der Waals surface area contributed by atoms with Gasteiger partial charge in [0.05, 0.1) is 0 Å². The van der Waals surface area contributed by atoms with Crippen LogP contribution in [0.5, 0.6) is 0 Å². The molecule has 2 rings (SSSR count). The van der Waals surface area contributed by atoms with Gasteiger partial charge in [-0.15, -0.1) is 0 Å². The van der Waals surface area contributed by atoms with Crippen LogP contribution in [0.2, 0.25) is 0 Å². The van der Waals surface area contributed by atoms with Crippen LogP contribution in [0.25, 0.3) is 11.3 Å². The summed E-state index contributed by atoms with van der Waals surface area (Å²) in [7, 11) is 0.